The molecule has 0 aliphatic carbocycles. The van der Waals surface area contributed by atoms with Crippen LogP contribution in [0.4, 0.5) is 0 Å². The van der Waals surface area contributed by atoms with Crippen LogP contribution in [0.5, 0.6) is 0 Å². The van der Waals surface area contributed by atoms with Crippen molar-refractivity contribution in [1.29, 1.82) is 0 Å². The minimum atomic E-state index is -5.68. The molecular formula is H10O12P2-4. The third-order valence-corrected chi connectivity index (χ3v) is 1.80. The van der Waals surface area contributed by atoms with Gasteiger partial charge in [0.2, 0.25) is 0 Å². The van der Waals surface area contributed by atoms with Gasteiger partial charge in [0.1, 0.15) is 0 Å². The molecule has 0 aromatic carbocycles. The summed E-state index contributed by atoms with van der Waals surface area (Å²) in [6.45, 7) is 0. The van der Waals surface area contributed by atoms with Gasteiger partial charge in [-0.25, -0.2) is 0 Å². The molecule has 0 atom stereocenters. The molecule has 0 aliphatic rings. The quantitative estimate of drug-likeness (QED) is 0.432. The van der Waals surface area contributed by atoms with Gasteiger partial charge in [-0.1, -0.05) is 0 Å². The first kappa shape index (κ1) is 36.9. The first-order chi connectivity index (χ1) is 3.71. The molecule has 96 valence electrons. The summed E-state index contributed by atoms with van der Waals surface area (Å²) in [6.07, 6.45) is 0. The lowest BCUT2D eigenvalue weighted by Crippen LogP contribution is -2.23. The van der Waals surface area contributed by atoms with Gasteiger partial charge in [0, 0.05) is 0 Å². The molecule has 0 fully saturated rings. The number of rotatable bonds is 2. The number of hydrogen-bond donors (Lipinski definition) is 0. The van der Waals surface area contributed by atoms with E-state index in [1.165, 1.54) is 0 Å². The van der Waals surface area contributed by atoms with E-state index in [4.69, 9.17) is 0 Å². The third-order valence-electron chi connectivity index (χ3n) is 0.200. The Labute approximate surface area is 77.2 Å². The zero-order valence-electron chi connectivity index (χ0n) is 6.25. The van der Waals surface area contributed by atoms with Crippen LogP contribution < -0.4 is 19.6 Å². The van der Waals surface area contributed by atoms with Gasteiger partial charge in [0.15, 0.2) is 0 Å². The van der Waals surface area contributed by atoms with Crippen LogP contribution in [0.25, 0.3) is 0 Å². The molecule has 14 heavy (non-hydrogen) atoms. The summed E-state index contributed by atoms with van der Waals surface area (Å²) >= 11 is 0. The maximum absolute atomic E-state index is 9.32. The first-order valence-corrected chi connectivity index (χ1v) is 4.38. The van der Waals surface area contributed by atoms with Gasteiger partial charge >= 0.3 is 0 Å². The van der Waals surface area contributed by atoms with Crippen molar-refractivity contribution in [2.75, 3.05) is 0 Å². The minimum absolute atomic E-state index is 0. The Balaban J connectivity index is -0.0000000320. The molecule has 0 heterocycles. The predicted molar refractivity (Wildman–Crippen MR) is 34.4 cm³/mol. The standard InChI is InChI=1S/H4O7P2.5H2O/c1-8(2,3)7-9(4,5)6;;;;;/h(H2,1,2,3)(H2,4,5,6);5*1H2/p-4. The van der Waals surface area contributed by atoms with Crippen molar-refractivity contribution in [1.82, 2.24) is 0 Å². The van der Waals surface area contributed by atoms with Gasteiger partial charge < -0.3 is 60.4 Å². The van der Waals surface area contributed by atoms with Crippen LogP contribution in [-0.4, -0.2) is 27.4 Å². The SMILES string of the molecule is O.O.O.O.O.O=P([O-])([O-])OP(=O)([O-])[O-]. The molecular weight excluding hydrogens is 254 g/mol. The lowest BCUT2D eigenvalue weighted by Gasteiger charge is -2.39. The van der Waals surface area contributed by atoms with Gasteiger partial charge in [0.25, 0.3) is 0 Å². The maximum Gasteiger partial charge on any atom is 0.0655 e. The third kappa shape index (κ3) is 40.2. The van der Waals surface area contributed by atoms with Gasteiger partial charge in [-0.05, 0) is 0 Å². The molecule has 0 saturated heterocycles. The Hall–Kier alpha value is 0.0600. The monoisotopic (exact) mass is 264 g/mol. The van der Waals surface area contributed by atoms with E-state index < -0.39 is 15.6 Å². The van der Waals surface area contributed by atoms with Crippen LogP contribution in [0.2, 0.25) is 0 Å². The Morgan fingerprint density at radius 1 is 0.643 bits per heavy atom. The molecule has 0 radical (unpaired) electrons. The molecule has 0 aliphatic heterocycles. The van der Waals surface area contributed by atoms with Crippen molar-refractivity contribution in [3.8, 4) is 0 Å². The molecule has 14 heteroatoms. The Kier molecular flexibility index (Phi) is 29.4. The van der Waals surface area contributed by atoms with Gasteiger partial charge in [-0.15, -0.1) is 0 Å². The van der Waals surface area contributed by atoms with Crippen LogP contribution in [-0.2, 0) is 13.4 Å². The van der Waals surface area contributed by atoms with Crippen LogP contribution >= 0.6 is 15.6 Å². The van der Waals surface area contributed by atoms with E-state index in [0.717, 1.165) is 0 Å². The van der Waals surface area contributed by atoms with Crippen molar-refractivity contribution in [2.45, 2.75) is 0 Å². The fraction of sp³-hybridized carbons (Fsp3) is 0. The van der Waals surface area contributed by atoms with Crippen LogP contribution in [0, 0.1) is 0 Å². The van der Waals surface area contributed by atoms with Crippen LogP contribution in [0.1, 0.15) is 0 Å². The lowest BCUT2D eigenvalue weighted by molar-refractivity contribution is -0.364. The zero-order chi connectivity index (χ0) is 7.71. The van der Waals surface area contributed by atoms with Gasteiger partial charge in [-0.2, -0.15) is 0 Å². The molecule has 0 amide bonds. The highest BCUT2D eigenvalue weighted by Gasteiger charge is 1.92. The van der Waals surface area contributed by atoms with Crippen LogP contribution in [0.15, 0.2) is 0 Å². The maximum atomic E-state index is 9.32. The van der Waals surface area contributed by atoms with Crippen molar-refractivity contribution in [2.24, 2.45) is 0 Å². The number of hydrogen-bond acceptors (Lipinski definition) is 7. The first-order valence-electron chi connectivity index (χ1n) is 1.46. The van der Waals surface area contributed by atoms with Crippen molar-refractivity contribution < 1.29 is 60.4 Å². The lowest BCUT2D eigenvalue weighted by atomic mass is 15.7. The molecule has 10 N–H and O–H groups in total. The molecule has 0 unspecified atom stereocenters. The van der Waals surface area contributed by atoms with E-state index in [0.29, 0.717) is 0 Å². The van der Waals surface area contributed by atoms with Crippen molar-refractivity contribution in [3.05, 3.63) is 0 Å². The fourth-order valence-corrected chi connectivity index (χ4v) is 1.10. The summed E-state index contributed by atoms with van der Waals surface area (Å²) in [5.41, 5.74) is 0. The highest BCUT2D eigenvalue weighted by Crippen LogP contribution is 2.42. The Morgan fingerprint density at radius 3 is 0.786 bits per heavy atom. The second-order valence-electron chi connectivity index (χ2n) is 0.976. The molecule has 12 nitrogen and oxygen atoms in total. The van der Waals surface area contributed by atoms with E-state index in [1.54, 1.807) is 0 Å². The molecule has 0 rings (SSSR count). The largest absolute Gasteiger partial charge is 0.790 e. The summed E-state index contributed by atoms with van der Waals surface area (Å²) in [7, 11) is -11.4. The van der Waals surface area contributed by atoms with E-state index >= 15 is 0 Å². The average molecular weight is 264 g/mol. The Bertz CT molecular complexity index is 149. The molecule has 0 spiro atoms. The minimum Gasteiger partial charge on any atom is -0.790 e. The zero-order valence-corrected chi connectivity index (χ0v) is 8.04. The second-order valence-corrected chi connectivity index (χ2v) is 3.42. The van der Waals surface area contributed by atoms with E-state index in [9.17, 15) is 28.7 Å². The number of phosphoric acid groups is 2. The highest BCUT2D eigenvalue weighted by molar-refractivity contribution is 7.57. The van der Waals surface area contributed by atoms with Crippen LogP contribution in [0.3, 0.4) is 0 Å². The summed E-state index contributed by atoms with van der Waals surface area (Å²) < 4.78 is 21.2. The van der Waals surface area contributed by atoms with E-state index in [2.05, 4.69) is 4.31 Å². The topological polar surface area (TPSA) is 293 Å². The molecule has 0 bridgehead atoms. The molecule has 0 aromatic rings. The van der Waals surface area contributed by atoms with Gasteiger partial charge in [0.05, 0.1) is 15.6 Å². The summed E-state index contributed by atoms with van der Waals surface area (Å²) in [4.78, 5) is 37.3. The smallest absolute Gasteiger partial charge is 0.0655 e. The second kappa shape index (κ2) is 11.1. The Morgan fingerprint density at radius 2 is 0.786 bits per heavy atom. The highest BCUT2D eigenvalue weighted by atomic mass is 31.3. The predicted octanol–water partition coefficient (Wildman–Crippen LogP) is -7.46. The summed E-state index contributed by atoms with van der Waals surface area (Å²) in [5, 5.41) is 0. The fourth-order valence-electron chi connectivity index (χ4n) is 0.122. The van der Waals surface area contributed by atoms with Crippen molar-refractivity contribution in [3.63, 3.8) is 0 Å². The van der Waals surface area contributed by atoms with E-state index in [1.807, 2.05) is 0 Å². The van der Waals surface area contributed by atoms with E-state index in [-0.39, 0.29) is 27.4 Å². The summed E-state index contributed by atoms with van der Waals surface area (Å²) in [6, 6.07) is 0. The molecule has 0 aromatic heterocycles. The van der Waals surface area contributed by atoms with Crippen molar-refractivity contribution >= 4 is 15.6 Å². The van der Waals surface area contributed by atoms with Gasteiger partial charge in [-0.3, -0.25) is 0 Å². The average Bonchev–Trinajstić information content (AvgIpc) is 1.14. The normalized spacial score (nSPS) is 8.86. The molecule has 0 saturated carbocycles. The summed E-state index contributed by atoms with van der Waals surface area (Å²) in [5.74, 6) is 0.